The van der Waals surface area contributed by atoms with E-state index >= 15 is 0 Å². The maximum atomic E-state index is 12.6. The lowest BCUT2D eigenvalue weighted by Gasteiger charge is -2.36. The molecule has 0 radical (unpaired) electrons. The first-order valence-corrected chi connectivity index (χ1v) is 10.6. The molecule has 0 saturated carbocycles. The summed E-state index contributed by atoms with van der Waals surface area (Å²) in [4.78, 5) is 26.5. The molecule has 3 rings (SSSR count). The quantitative estimate of drug-likeness (QED) is 0.875. The fourth-order valence-electron chi connectivity index (χ4n) is 3.42. The fourth-order valence-corrected chi connectivity index (χ4v) is 4.05. The van der Waals surface area contributed by atoms with Crippen LogP contribution in [0.25, 0.3) is 0 Å². The van der Waals surface area contributed by atoms with E-state index in [2.05, 4.69) is 5.32 Å². The van der Waals surface area contributed by atoms with Gasteiger partial charge in [-0.15, -0.1) is 0 Å². The Bertz CT molecular complexity index is 968. The number of benzene rings is 2. The van der Waals surface area contributed by atoms with E-state index in [0.717, 1.165) is 23.8 Å². The summed E-state index contributed by atoms with van der Waals surface area (Å²) >= 11 is 0. The van der Waals surface area contributed by atoms with Crippen molar-refractivity contribution >= 4 is 27.3 Å². The number of anilines is 1. The Morgan fingerprint density at radius 3 is 2.41 bits per heavy atom. The Hall–Kier alpha value is -2.67. The molecule has 2 amide bonds. The van der Waals surface area contributed by atoms with E-state index in [-0.39, 0.29) is 29.2 Å². The van der Waals surface area contributed by atoms with Gasteiger partial charge in [-0.2, -0.15) is 0 Å². The van der Waals surface area contributed by atoms with Crippen LogP contribution < -0.4 is 5.32 Å². The number of nitrogens with zero attached hydrogens (tertiary/aromatic N) is 1. The van der Waals surface area contributed by atoms with Crippen molar-refractivity contribution in [2.75, 3.05) is 18.1 Å². The Kier molecular flexibility index (Phi) is 5.32. The van der Waals surface area contributed by atoms with Crippen LogP contribution in [0.2, 0.25) is 0 Å². The second kappa shape index (κ2) is 7.52. The van der Waals surface area contributed by atoms with Gasteiger partial charge in [0.1, 0.15) is 0 Å². The van der Waals surface area contributed by atoms with Crippen molar-refractivity contribution in [3.8, 4) is 0 Å². The van der Waals surface area contributed by atoms with Gasteiger partial charge in [0, 0.05) is 25.4 Å². The van der Waals surface area contributed by atoms with Crippen molar-refractivity contribution in [2.45, 2.75) is 30.7 Å². The summed E-state index contributed by atoms with van der Waals surface area (Å²) in [6, 6.07) is 13.6. The third kappa shape index (κ3) is 4.36. The second-order valence-corrected chi connectivity index (χ2v) is 8.74. The standard InChI is InChI=1S/C20H22N2O4S/c1-14(23)22-12-11-15-5-3-4-6-18(15)19(22)13-20(24)21-16-7-9-17(10-8-16)27(2,25)26/h3-10,19H,11-13H2,1-2H3,(H,21,24). The van der Waals surface area contributed by atoms with Gasteiger partial charge >= 0.3 is 0 Å². The smallest absolute Gasteiger partial charge is 0.226 e. The molecule has 1 N–H and O–H groups in total. The number of hydrogen-bond donors (Lipinski definition) is 1. The van der Waals surface area contributed by atoms with E-state index in [9.17, 15) is 18.0 Å². The first-order chi connectivity index (χ1) is 12.8. The summed E-state index contributed by atoms with van der Waals surface area (Å²) in [6.45, 7) is 2.11. The maximum Gasteiger partial charge on any atom is 0.226 e. The Morgan fingerprint density at radius 1 is 1.11 bits per heavy atom. The van der Waals surface area contributed by atoms with Gasteiger partial charge in [-0.3, -0.25) is 9.59 Å². The van der Waals surface area contributed by atoms with E-state index in [1.807, 2.05) is 24.3 Å². The van der Waals surface area contributed by atoms with Crippen LogP contribution in [0.1, 0.15) is 30.5 Å². The molecule has 2 aromatic rings. The molecule has 2 aromatic carbocycles. The third-order valence-corrected chi connectivity index (χ3v) is 5.89. The van der Waals surface area contributed by atoms with E-state index in [4.69, 9.17) is 0 Å². The van der Waals surface area contributed by atoms with Crippen molar-refractivity contribution in [3.05, 3.63) is 59.7 Å². The van der Waals surface area contributed by atoms with Crippen molar-refractivity contribution in [1.29, 1.82) is 0 Å². The molecule has 0 aromatic heterocycles. The molecule has 0 spiro atoms. The number of fused-ring (bicyclic) bond motifs is 1. The highest BCUT2D eigenvalue weighted by molar-refractivity contribution is 7.90. The predicted octanol–water partition coefficient (Wildman–Crippen LogP) is 2.56. The Morgan fingerprint density at radius 2 is 1.78 bits per heavy atom. The van der Waals surface area contributed by atoms with Gasteiger partial charge in [0.25, 0.3) is 0 Å². The van der Waals surface area contributed by atoms with Crippen molar-refractivity contribution in [1.82, 2.24) is 4.90 Å². The van der Waals surface area contributed by atoms with E-state index in [1.54, 1.807) is 17.0 Å². The van der Waals surface area contributed by atoms with Crippen LogP contribution >= 0.6 is 0 Å². The summed E-state index contributed by atoms with van der Waals surface area (Å²) in [5.74, 6) is -0.283. The zero-order valence-electron chi connectivity index (χ0n) is 15.3. The Labute approximate surface area is 159 Å². The van der Waals surface area contributed by atoms with Gasteiger partial charge in [-0.05, 0) is 41.8 Å². The first kappa shape index (κ1) is 19.1. The fraction of sp³-hybridized carbons (Fsp3) is 0.300. The summed E-state index contributed by atoms with van der Waals surface area (Å²) in [7, 11) is -3.28. The molecule has 6 nitrogen and oxygen atoms in total. The second-order valence-electron chi connectivity index (χ2n) is 6.73. The first-order valence-electron chi connectivity index (χ1n) is 8.70. The van der Waals surface area contributed by atoms with Crippen LogP contribution in [-0.2, 0) is 25.8 Å². The molecule has 1 unspecified atom stereocenters. The lowest BCUT2D eigenvalue weighted by atomic mass is 9.90. The summed E-state index contributed by atoms with van der Waals surface area (Å²) < 4.78 is 23.0. The molecule has 142 valence electrons. The zero-order valence-corrected chi connectivity index (χ0v) is 16.1. The molecular weight excluding hydrogens is 364 g/mol. The minimum absolute atomic E-state index is 0.0557. The highest BCUT2D eigenvalue weighted by atomic mass is 32.2. The monoisotopic (exact) mass is 386 g/mol. The van der Waals surface area contributed by atoms with E-state index in [1.165, 1.54) is 19.1 Å². The van der Waals surface area contributed by atoms with Gasteiger partial charge < -0.3 is 10.2 Å². The number of amides is 2. The van der Waals surface area contributed by atoms with Crippen LogP contribution in [0.4, 0.5) is 5.69 Å². The molecular formula is C20H22N2O4S. The molecule has 7 heteroatoms. The van der Waals surface area contributed by atoms with Gasteiger partial charge in [0.05, 0.1) is 17.4 Å². The highest BCUT2D eigenvalue weighted by Gasteiger charge is 2.30. The van der Waals surface area contributed by atoms with Gasteiger partial charge in [0.15, 0.2) is 9.84 Å². The number of hydrogen-bond acceptors (Lipinski definition) is 4. The molecule has 0 aliphatic carbocycles. The lowest BCUT2D eigenvalue weighted by molar-refractivity contribution is -0.132. The molecule has 1 aliphatic rings. The molecule has 27 heavy (non-hydrogen) atoms. The minimum Gasteiger partial charge on any atom is -0.335 e. The van der Waals surface area contributed by atoms with Crippen molar-refractivity contribution in [2.24, 2.45) is 0 Å². The predicted molar refractivity (Wildman–Crippen MR) is 103 cm³/mol. The summed E-state index contributed by atoms with van der Waals surface area (Å²) in [5, 5.41) is 2.79. The molecule has 0 saturated heterocycles. The zero-order chi connectivity index (χ0) is 19.6. The average molecular weight is 386 g/mol. The average Bonchev–Trinajstić information content (AvgIpc) is 2.61. The maximum absolute atomic E-state index is 12.6. The van der Waals surface area contributed by atoms with Crippen molar-refractivity contribution < 1.29 is 18.0 Å². The minimum atomic E-state index is -3.28. The number of carbonyl (C=O) groups excluding carboxylic acids is 2. The van der Waals surface area contributed by atoms with E-state index < -0.39 is 9.84 Å². The number of rotatable bonds is 4. The van der Waals surface area contributed by atoms with Gasteiger partial charge in [-0.1, -0.05) is 24.3 Å². The Balaban J connectivity index is 1.76. The normalized spacial score (nSPS) is 16.5. The van der Waals surface area contributed by atoms with Crippen LogP contribution in [0.15, 0.2) is 53.4 Å². The van der Waals surface area contributed by atoms with Crippen LogP contribution in [0.3, 0.4) is 0 Å². The van der Waals surface area contributed by atoms with Gasteiger partial charge in [0.2, 0.25) is 11.8 Å². The molecule has 1 heterocycles. The molecule has 1 atom stereocenters. The largest absolute Gasteiger partial charge is 0.335 e. The molecule has 0 bridgehead atoms. The van der Waals surface area contributed by atoms with Crippen LogP contribution in [-0.4, -0.2) is 37.9 Å². The summed E-state index contributed by atoms with van der Waals surface area (Å²) in [6.07, 6.45) is 2.06. The summed E-state index contributed by atoms with van der Waals surface area (Å²) in [5.41, 5.74) is 2.68. The topological polar surface area (TPSA) is 83.6 Å². The highest BCUT2D eigenvalue weighted by Crippen LogP contribution is 2.32. The number of sulfone groups is 1. The number of nitrogens with one attached hydrogen (secondary N) is 1. The van der Waals surface area contributed by atoms with Crippen molar-refractivity contribution in [3.63, 3.8) is 0 Å². The number of carbonyl (C=O) groups is 2. The SMILES string of the molecule is CC(=O)N1CCc2ccccc2C1CC(=O)Nc1ccc(S(C)(=O)=O)cc1. The van der Waals surface area contributed by atoms with Crippen LogP contribution in [0.5, 0.6) is 0 Å². The lowest BCUT2D eigenvalue weighted by Crippen LogP contribution is -2.40. The van der Waals surface area contributed by atoms with E-state index in [0.29, 0.717) is 12.2 Å². The van der Waals surface area contributed by atoms with Crippen LogP contribution in [0, 0.1) is 0 Å². The third-order valence-electron chi connectivity index (χ3n) is 4.76. The molecule has 0 fully saturated rings. The molecule has 1 aliphatic heterocycles. The van der Waals surface area contributed by atoms with Gasteiger partial charge in [-0.25, -0.2) is 8.42 Å².